The Balaban J connectivity index is 1.58. The first-order valence-electron chi connectivity index (χ1n) is 8.20. The average molecular weight is 310 g/mol. The Morgan fingerprint density at radius 2 is 2.13 bits per heavy atom. The molecule has 0 N–H and O–H groups in total. The monoisotopic (exact) mass is 310 g/mol. The third kappa shape index (κ3) is 1.81. The highest BCUT2D eigenvalue weighted by molar-refractivity contribution is 6.09. The Bertz CT molecular complexity index is 798. The summed E-state index contributed by atoms with van der Waals surface area (Å²) in [5.74, 6) is 0.943. The topological polar surface area (TPSA) is 50.6 Å². The second-order valence-electron chi connectivity index (χ2n) is 6.25. The quantitative estimate of drug-likeness (QED) is 0.804. The molecule has 0 unspecified atom stereocenters. The molecule has 6 heteroatoms. The van der Waals surface area contributed by atoms with Crippen LogP contribution in [0.25, 0.3) is 0 Å². The lowest BCUT2D eigenvalue weighted by Gasteiger charge is -2.40. The highest BCUT2D eigenvalue weighted by Crippen LogP contribution is 2.43. The van der Waals surface area contributed by atoms with Crippen LogP contribution in [0.5, 0.6) is 5.75 Å². The first-order chi connectivity index (χ1) is 11.3. The molecule has 0 saturated heterocycles. The average Bonchev–Trinajstić information content (AvgIpc) is 3.18. The summed E-state index contributed by atoms with van der Waals surface area (Å²) in [6.07, 6.45) is 3.75. The van der Waals surface area contributed by atoms with E-state index in [1.807, 2.05) is 27.8 Å². The number of para-hydroxylation sites is 1. The largest absolute Gasteiger partial charge is 0.489 e. The molecule has 23 heavy (non-hydrogen) atoms. The fraction of sp³-hybridized carbons (Fsp3) is 0.412. The molecule has 1 aromatic carbocycles. The minimum atomic E-state index is 0.0618. The van der Waals surface area contributed by atoms with Crippen molar-refractivity contribution in [3.05, 3.63) is 35.7 Å². The van der Waals surface area contributed by atoms with Gasteiger partial charge in [0.1, 0.15) is 18.0 Å². The number of carbonyl (C=O) groups is 1. The van der Waals surface area contributed by atoms with E-state index in [2.05, 4.69) is 10.00 Å². The number of hydrogen-bond acceptors (Lipinski definition) is 4. The predicted molar refractivity (Wildman–Crippen MR) is 86.4 cm³/mol. The number of aromatic nitrogens is 2. The van der Waals surface area contributed by atoms with Crippen LogP contribution < -0.4 is 14.5 Å². The first-order valence-corrected chi connectivity index (χ1v) is 8.20. The van der Waals surface area contributed by atoms with Crippen molar-refractivity contribution in [3.63, 3.8) is 0 Å². The number of fused-ring (bicyclic) bond motifs is 1. The number of rotatable bonds is 1. The second kappa shape index (κ2) is 4.75. The SMILES string of the molecule is O=C(c1cnn2c1CCC2)N1CCN2CCOc3cccc1c32. The molecular formula is C17H18N4O2. The molecule has 0 aliphatic carbocycles. The summed E-state index contributed by atoms with van der Waals surface area (Å²) >= 11 is 0. The van der Waals surface area contributed by atoms with E-state index in [1.54, 1.807) is 6.20 Å². The van der Waals surface area contributed by atoms with Crippen LogP contribution in [0.15, 0.2) is 24.4 Å². The summed E-state index contributed by atoms with van der Waals surface area (Å²) in [5.41, 5.74) is 3.85. The zero-order valence-corrected chi connectivity index (χ0v) is 12.9. The van der Waals surface area contributed by atoms with E-state index in [0.29, 0.717) is 13.2 Å². The van der Waals surface area contributed by atoms with Crippen LogP contribution in [0.4, 0.5) is 11.4 Å². The second-order valence-corrected chi connectivity index (χ2v) is 6.25. The third-order valence-corrected chi connectivity index (χ3v) is 5.00. The van der Waals surface area contributed by atoms with E-state index in [-0.39, 0.29) is 5.91 Å². The Kier molecular flexibility index (Phi) is 2.68. The fourth-order valence-electron chi connectivity index (χ4n) is 3.90. The molecular weight excluding hydrogens is 292 g/mol. The zero-order valence-electron chi connectivity index (χ0n) is 12.9. The van der Waals surface area contributed by atoms with Crippen molar-refractivity contribution in [1.82, 2.24) is 9.78 Å². The highest BCUT2D eigenvalue weighted by Gasteiger charge is 2.33. The summed E-state index contributed by atoms with van der Waals surface area (Å²) in [6.45, 7) is 4.07. The molecule has 0 atom stereocenters. The van der Waals surface area contributed by atoms with E-state index < -0.39 is 0 Å². The Hall–Kier alpha value is -2.50. The number of nitrogens with zero attached hydrogens (tertiary/aromatic N) is 4. The number of carbonyl (C=O) groups excluding carboxylic acids is 1. The molecule has 3 aliphatic rings. The Labute approximate surface area is 134 Å². The van der Waals surface area contributed by atoms with Gasteiger partial charge in [-0.15, -0.1) is 0 Å². The lowest BCUT2D eigenvalue weighted by atomic mass is 10.1. The summed E-state index contributed by atoms with van der Waals surface area (Å²) in [7, 11) is 0. The summed E-state index contributed by atoms with van der Waals surface area (Å²) in [4.78, 5) is 17.3. The zero-order chi connectivity index (χ0) is 15.4. The molecule has 2 aromatic rings. The summed E-state index contributed by atoms with van der Waals surface area (Å²) in [5, 5.41) is 4.36. The third-order valence-electron chi connectivity index (χ3n) is 5.00. The molecule has 0 saturated carbocycles. The number of benzene rings is 1. The molecule has 4 heterocycles. The van der Waals surface area contributed by atoms with Gasteiger partial charge in [0.25, 0.3) is 5.91 Å². The van der Waals surface area contributed by atoms with Crippen LogP contribution in [0.2, 0.25) is 0 Å². The van der Waals surface area contributed by atoms with Crippen molar-refractivity contribution >= 4 is 17.3 Å². The van der Waals surface area contributed by atoms with Gasteiger partial charge in [-0.1, -0.05) is 6.07 Å². The van der Waals surface area contributed by atoms with Gasteiger partial charge in [-0.05, 0) is 25.0 Å². The summed E-state index contributed by atoms with van der Waals surface area (Å²) < 4.78 is 7.73. The van der Waals surface area contributed by atoms with Gasteiger partial charge in [-0.3, -0.25) is 9.48 Å². The van der Waals surface area contributed by atoms with Gasteiger partial charge in [0, 0.05) is 19.6 Å². The van der Waals surface area contributed by atoms with Crippen molar-refractivity contribution in [2.75, 3.05) is 36.0 Å². The molecule has 6 nitrogen and oxygen atoms in total. The van der Waals surface area contributed by atoms with Crippen molar-refractivity contribution in [2.24, 2.45) is 0 Å². The predicted octanol–water partition coefficient (Wildman–Crippen LogP) is 1.69. The smallest absolute Gasteiger partial charge is 0.261 e. The molecule has 3 aliphatic heterocycles. The van der Waals surface area contributed by atoms with E-state index in [0.717, 1.165) is 60.9 Å². The van der Waals surface area contributed by atoms with E-state index in [4.69, 9.17) is 4.74 Å². The van der Waals surface area contributed by atoms with Gasteiger partial charge in [-0.25, -0.2) is 0 Å². The van der Waals surface area contributed by atoms with Crippen LogP contribution in [0.3, 0.4) is 0 Å². The van der Waals surface area contributed by atoms with Crippen LogP contribution in [-0.4, -0.2) is 41.9 Å². The number of anilines is 2. The van der Waals surface area contributed by atoms with E-state index >= 15 is 0 Å². The molecule has 0 radical (unpaired) electrons. The number of ether oxygens (including phenoxy) is 1. The van der Waals surface area contributed by atoms with E-state index in [9.17, 15) is 4.79 Å². The minimum Gasteiger partial charge on any atom is -0.489 e. The van der Waals surface area contributed by atoms with Gasteiger partial charge in [0.2, 0.25) is 0 Å². The maximum Gasteiger partial charge on any atom is 0.261 e. The Morgan fingerprint density at radius 3 is 3.09 bits per heavy atom. The van der Waals surface area contributed by atoms with Gasteiger partial charge >= 0.3 is 0 Å². The van der Waals surface area contributed by atoms with Crippen LogP contribution >= 0.6 is 0 Å². The van der Waals surface area contributed by atoms with Crippen LogP contribution in [-0.2, 0) is 13.0 Å². The number of amides is 1. The van der Waals surface area contributed by atoms with Crippen molar-refractivity contribution in [3.8, 4) is 5.75 Å². The molecule has 1 amide bonds. The normalized spacial score (nSPS) is 18.4. The van der Waals surface area contributed by atoms with Gasteiger partial charge < -0.3 is 14.5 Å². The van der Waals surface area contributed by atoms with Crippen molar-refractivity contribution in [2.45, 2.75) is 19.4 Å². The number of hydrogen-bond donors (Lipinski definition) is 0. The van der Waals surface area contributed by atoms with E-state index in [1.165, 1.54) is 0 Å². The molecule has 1 aromatic heterocycles. The molecule has 118 valence electrons. The fourth-order valence-corrected chi connectivity index (χ4v) is 3.90. The molecule has 0 bridgehead atoms. The maximum atomic E-state index is 13.1. The summed E-state index contributed by atoms with van der Waals surface area (Å²) in [6, 6.07) is 5.96. The molecule has 0 spiro atoms. The standard InChI is InChI=1S/C17H18N4O2/c22-17(12-11-18-21-6-2-4-13(12)21)20-8-7-19-9-10-23-15-5-1-3-14(20)16(15)19/h1,3,5,11H,2,4,6-10H2. The van der Waals surface area contributed by atoms with Gasteiger partial charge in [-0.2, -0.15) is 5.10 Å². The van der Waals surface area contributed by atoms with Crippen LogP contribution in [0, 0.1) is 0 Å². The first kappa shape index (κ1) is 13.0. The van der Waals surface area contributed by atoms with Crippen LogP contribution in [0.1, 0.15) is 22.5 Å². The van der Waals surface area contributed by atoms with Crippen molar-refractivity contribution < 1.29 is 9.53 Å². The lowest BCUT2D eigenvalue weighted by molar-refractivity contribution is 0.0985. The van der Waals surface area contributed by atoms with Gasteiger partial charge in [0.05, 0.1) is 29.7 Å². The maximum absolute atomic E-state index is 13.1. The molecule has 5 rings (SSSR count). The van der Waals surface area contributed by atoms with Crippen molar-refractivity contribution in [1.29, 1.82) is 0 Å². The highest BCUT2D eigenvalue weighted by atomic mass is 16.5. The Morgan fingerprint density at radius 1 is 1.17 bits per heavy atom. The lowest BCUT2D eigenvalue weighted by Crippen LogP contribution is -2.47. The minimum absolute atomic E-state index is 0.0618. The van der Waals surface area contributed by atoms with Gasteiger partial charge in [0.15, 0.2) is 0 Å². The molecule has 0 fully saturated rings. The number of aryl methyl sites for hydroxylation is 1.